The second-order valence-corrected chi connectivity index (χ2v) is 10.4. The van der Waals surface area contributed by atoms with Crippen LogP contribution >= 0.6 is 0 Å². The van der Waals surface area contributed by atoms with Crippen molar-refractivity contribution in [3.05, 3.63) is 96.3 Å². The number of aromatic nitrogens is 4. The SMILES string of the molecule is Cc1cccc(N2CCN(CC(O)CNc3ncnc4c3nc(-c3ccccc3)n4-c3ccccc3)CC2)c1C. The molecule has 3 aromatic carbocycles. The number of rotatable bonds is 8. The van der Waals surface area contributed by atoms with Crippen LogP contribution in [0.2, 0.25) is 0 Å². The van der Waals surface area contributed by atoms with Gasteiger partial charge in [0.15, 0.2) is 17.0 Å². The quantitative estimate of drug-likeness (QED) is 0.299. The van der Waals surface area contributed by atoms with Gasteiger partial charge in [0.25, 0.3) is 0 Å². The van der Waals surface area contributed by atoms with Crippen LogP contribution in [0.4, 0.5) is 11.5 Å². The van der Waals surface area contributed by atoms with Gasteiger partial charge in [0, 0.05) is 56.2 Å². The lowest BCUT2D eigenvalue weighted by Crippen LogP contribution is -2.49. The molecule has 2 N–H and O–H groups in total. The van der Waals surface area contributed by atoms with Crippen molar-refractivity contribution in [2.24, 2.45) is 0 Å². The molecule has 3 heterocycles. The number of para-hydroxylation sites is 1. The zero-order chi connectivity index (χ0) is 27.5. The van der Waals surface area contributed by atoms with Gasteiger partial charge < -0.3 is 15.3 Å². The van der Waals surface area contributed by atoms with Gasteiger partial charge >= 0.3 is 0 Å². The summed E-state index contributed by atoms with van der Waals surface area (Å²) in [5.41, 5.74) is 7.37. The molecule has 1 aliphatic rings. The zero-order valence-corrected chi connectivity index (χ0v) is 23.0. The van der Waals surface area contributed by atoms with E-state index in [1.807, 2.05) is 60.7 Å². The van der Waals surface area contributed by atoms with Gasteiger partial charge in [-0.2, -0.15) is 0 Å². The van der Waals surface area contributed by atoms with E-state index in [0.29, 0.717) is 24.4 Å². The van der Waals surface area contributed by atoms with Gasteiger partial charge in [-0.25, -0.2) is 15.0 Å². The second kappa shape index (κ2) is 11.5. The molecule has 1 unspecified atom stereocenters. The predicted molar refractivity (Wildman–Crippen MR) is 161 cm³/mol. The Morgan fingerprint density at radius 3 is 2.33 bits per heavy atom. The topological polar surface area (TPSA) is 82.3 Å². The predicted octanol–water partition coefficient (Wildman–Crippen LogP) is 4.69. The van der Waals surface area contributed by atoms with Crippen LogP contribution in [-0.2, 0) is 0 Å². The fraction of sp³-hybridized carbons (Fsp3) is 0.281. The number of aliphatic hydroxyl groups is 1. The van der Waals surface area contributed by atoms with E-state index in [1.54, 1.807) is 6.33 Å². The number of hydrogen-bond donors (Lipinski definition) is 2. The molecule has 8 heteroatoms. The average Bonchev–Trinajstić information content (AvgIpc) is 3.39. The monoisotopic (exact) mass is 533 g/mol. The van der Waals surface area contributed by atoms with E-state index in [0.717, 1.165) is 48.9 Å². The molecule has 1 saturated heterocycles. The first kappa shape index (κ1) is 26.0. The van der Waals surface area contributed by atoms with E-state index in [4.69, 9.17) is 4.98 Å². The third-order valence-electron chi connectivity index (χ3n) is 7.75. The highest BCUT2D eigenvalue weighted by molar-refractivity contribution is 5.88. The fourth-order valence-corrected chi connectivity index (χ4v) is 5.45. The maximum Gasteiger partial charge on any atom is 0.170 e. The number of benzene rings is 3. The first-order valence-electron chi connectivity index (χ1n) is 13.9. The number of fused-ring (bicyclic) bond motifs is 1. The van der Waals surface area contributed by atoms with Crippen molar-refractivity contribution in [1.82, 2.24) is 24.4 Å². The van der Waals surface area contributed by atoms with E-state index in [1.165, 1.54) is 16.8 Å². The minimum absolute atomic E-state index is 0.377. The van der Waals surface area contributed by atoms with Gasteiger partial charge in [0.2, 0.25) is 0 Å². The summed E-state index contributed by atoms with van der Waals surface area (Å²) in [6.07, 6.45) is 1.02. The molecule has 5 aromatic rings. The summed E-state index contributed by atoms with van der Waals surface area (Å²) in [5.74, 6) is 1.42. The highest BCUT2D eigenvalue weighted by Gasteiger charge is 2.22. The van der Waals surface area contributed by atoms with Gasteiger partial charge in [-0.1, -0.05) is 60.7 Å². The Morgan fingerprint density at radius 1 is 0.850 bits per heavy atom. The van der Waals surface area contributed by atoms with E-state index < -0.39 is 6.10 Å². The van der Waals surface area contributed by atoms with Crippen molar-refractivity contribution in [2.75, 3.05) is 49.5 Å². The Hall–Kier alpha value is -4.27. The zero-order valence-electron chi connectivity index (χ0n) is 23.0. The van der Waals surface area contributed by atoms with Crippen molar-refractivity contribution >= 4 is 22.7 Å². The van der Waals surface area contributed by atoms with Gasteiger partial charge in [-0.15, -0.1) is 0 Å². The molecule has 0 bridgehead atoms. The second-order valence-electron chi connectivity index (χ2n) is 10.4. The van der Waals surface area contributed by atoms with Crippen LogP contribution in [0.1, 0.15) is 11.1 Å². The van der Waals surface area contributed by atoms with Crippen molar-refractivity contribution < 1.29 is 5.11 Å². The molecular formula is C32H35N7O. The van der Waals surface area contributed by atoms with E-state index in [9.17, 15) is 5.11 Å². The van der Waals surface area contributed by atoms with Crippen LogP contribution in [0, 0.1) is 13.8 Å². The normalized spacial score (nSPS) is 14.9. The summed E-state index contributed by atoms with van der Waals surface area (Å²) in [6.45, 7) is 9.10. The lowest BCUT2D eigenvalue weighted by molar-refractivity contribution is 0.118. The average molecular weight is 534 g/mol. The van der Waals surface area contributed by atoms with Crippen LogP contribution in [0.15, 0.2) is 85.2 Å². The first-order chi connectivity index (χ1) is 19.6. The highest BCUT2D eigenvalue weighted by Crippen LogP contribution is 2.30. The van der Waals surface area contributed by atoms with Crippen LogP contribution < -0.4 is 10.2 Å². The Morgan fingerprint density at radius 2 is 1.57 bits per heavy atom. The number of aliphatic hydroxyl groups excluding tert-OH is 1. The van der Waals surface area contributed by atoms with Crippen molar-refractivity contribution in [3.63, 3.8) is 0 Å². The third kappa shape index (κ3) is 5.28. The summed E-state index contributed by atoms with van der Waals surface area (Å²) in [4.78, 5) is 18.9. The number of nitrogens with zero attached hydrogens (tertiary/aromatic N) is 6. The Labute approximate surface area is 235 Å². The van der Waals surface area contributed by atoms with Crippen LogP contribution in [0.5, 0.6) is 0 Å². The summed E-state index contributed by atoms with van der Waals surface area (Å²) in [5, 5.41) is 14.3. The van der Waals surface area contributed by atoms with Crippen LogP contribution in [0.3, 0.4) is 0 Å². The van der Waals surface area contributed by atoms with Crippen LogP contribution in [-0.4, -0.2) is 74.9 Å². The largest absolute Gasteiger partial charge is 0.390 e. The summed E-state index contributed by atoms with van der Waals surface area (Å²) in [6, 6.07) is 26.7. The first-order valence-corrected chi connectivity index (χ1v) is 13.9. The van der Waals surface area contributed by atoms with E-state index in [-0.39, 0.29) is 0 Å². The molecule has 40 heavy (non-hydrogen) atoms. The summed E-state index contributed by atoms with van der Waals surface area (Å²) in [7, 11) is 0. The van der Waals surface area contributed by atoms with Crippen molar-refractivity contribution in [3.8, 4) is 17.1 Å². The van der Waals surface area contributed by atoms with Crippen molar-refractivity contribution in [2.45, 2.75) is 20.0 Å². The Kier molecular flexibility index (Phi) is 7.44. The summed E-state index contributed by atoms with van der Waals surface area (Å²) < 4.78 is 2.06. The number of piperazine rings is 1. The molecule has 0 saturated carbocycles. The number of imidazole rings is 1. The number of hydrogen-bond acceptors (Lipinski definition) is 7. The van der Waals surface area contributed by atoms with Crippen molar-refractivity contribution in [1.29, 1.82) is 0 Å². The Balaban J connectivity index is 1.15. The lowest BCUT2D eigenvalue weighted by atomic mass is 10.1. The molecule has 2 aromatic heterocycles. The smallest absolute Gasteiger partial charge is 0.170 e. The van der Waals surface area contributed by atoms with E-state index in [2.05, 4.69) is 61.7 Å². The molecule has 6 rings (SSSR count). The standard InChI is InChI=1S/C32H35N7O/c1-23-10-9-15-28(24(23)2)38-18-16-37(17-19-38)21-27(40)20-33-30-29-32(35-22-34-30)39(26-13-7-4-8-14-26)31(36-29)25-11-5-3-6-12-25/h3-15,22,27,40H,16-21H2,1-2H3,(H,33,34,35). The number of aryl methyl sites for hydroxylation is 1. The third-order valence-corrected chi connectivity index (χ3v) is 7.75. The molecule has 0 spiro atoms. The van der Waals surface area contributed by atoms with Gasteiger partial charge in [-0.05, 0) is 43.2 Å². The number of nitrogens with one attached hydrogen (secondary N) is 1. The van der Waals surface area contributed by atoms with E-state index >= 15 is 0 Å². The molecule has 0 radical (unpaired) electrons. The molecule has 1 atom stereocenters. The lowest BCUT2D eigenvalue weighted by Gasteiger charge is -2.37. The van der Waals surface area contributed by atoms with Gasteiger partial charge in [0.05, 0.1) is 6.10 Å². The number of anilines is 2. The molecular weight excluding hydrogens is 498 g/mol. The fourth-order valence-electron chi connectivity index (χ4n) is 5.45. The Bertz CT molecular complexity index is 1580. The highest BCUT2D eigenvalue weighted by atomic mass is 16.3. The molecule has 0 aliphatic carbocycles. The molecule has 1 fully saturated rings. The minimum atomic E-state index is -0.540. The number of β-amino-alcohol motifs (C(OH)–C–C–N with tert-alkyl or cyclic N) is 1. The van der Waals surface area contributed by atoms with Gasteiger partial charge in [-0.3, -0.25) is 9.47 Å². The minimum Gasteiger partial charge on any atom is -0.390 e. The molecule has 0 amide bonds. The maximum atomic E-state index is 10.9. The molecule has 8 nitrogen and oxygen atoms in total. The molecule has 204 valence electrons. The van der Waals surface area contributed by atoms with Gasteiger partial charge in [0.1, 0.15) is 12.2 Å². The summed E-state index contributed by atoms with van der Waals surface area (Å²) >= 11 is 0. The van der Waals surface area contributed by atoms with Crippen LogP contribution in [0.25, 0.3) is 28.2 Å². The molecule has 1 aliphatic heterocycles. The maximum absolute atomic E-state index is 10.9.